The molecule has 0 aromatic heterocycles. The molecule has 0 bridgehead atoms. The summed E-state index contributed by atoms with van der Waals surface area (Å²) in [6.45, 7) is 0.0693. The minimum Gasteiger partial charge on any atom is -0.508 e. The van der Waals surface area contributed by atoms with Crippen molar-refractivity contribution in [1.29, 1.82) is 0 Å². The van der Waals surface area contributed by atoms with Crippen LogP contribution in [0.5, 0.6) is 17.2 Å². The Hall–Kier alpha value is -4.22. The van der Waals surface area contributed by atoms with Crippen LogP contribution in [0.4, 0.5) is 0 Å². The van der Waals surface area contributed by atoms with Crippen LogP contribution >= 0.6 is 11.9 Å². The highest BCUT2D eigenvalue weighted by Gasteiger charge is 2.32. The number of nitrogens with one attached hydrogen (secondary N) is 2. The Morgan fingerprint density at radius 2 is 1.89 bits per heavy atom. The summed E-state index contributed by atoms with van der Waals surface area (Å²) in [5.74, 6) is -1.60. The summed E-state index contributed by atoms with van der Waals surface area (Å²) in [4.78, 5) is 44.1. The van der Waals surface area contributed by atoms with Crippen molar-refractivity contribution in [1.82, 2.24) is 15.1 Å². The van der Waals surface area contributed by atoms with Crippen molar-refractivity contribution in [2.75, 3.05) is 20.2 Å². The quantitative estimate of drug-likeness (QED) is 0.242. The molecule has 1 aliphatic heterocycles. The number of phenolic OH excluding ortho intramolecular Hbond substituents is 2. The first-order chi connectivity index (χ1) is 18.3. The van der Waals surface area contributed by atoms with Gasteiger partial charge < -0.3 is 20.3 Å². The zero-order valence-corrected chi connectivity index (χ0v) is 21.4. The van der Waals surface area contributed by atoms with Gasteiger partial charge in [-0.05, 0) is 65.9 Å². The molecule has 1 atom stereocenters. The number of ether oxygens (including phenoxy) is 1. The Morgan fingerprint density at radius 3 is 2.66 bits per heavy atom. The third kappa shape index (κ3) is 6.75. The predicted octanol–water partition coefficient (Wildman–Crippen LogP) is 2.79. The molecule has 1 heterocycles. The van der Waals surface area contributed by atoms with Crippen LogP contribution < -0.4 is 15.5 Å². The molecule has 3 aromatic carbocycles. The van der Waals surface area contributed by atoms with Crippen LogP contribution in [-0.4, -0.2) is 52.4 Å². The Bertz CT molecular complexity index is 1320. The van der Waals surface area contributed by atoms with E-state index in [1.54, 1.807) is 12.1 Å². The molecule has 38 heavy (non-hydrogen) atoms. The number of methoxy groups -OCH3 is 1. The number of carbonyl (C=O) groups excluding carboxylic acids is 3. The van der Waals surface area contributed by atoms with Crippen LogP contribution in [0.15, 0.2) is 71.6 Å². The average molecular weight is 538 g/mol. The number of hydrogen-bond donors (Lipinski definition) is 4. The standard InChI is InChI=1S/C27H27N3O7S/c1-36-24-10-7-20(31)12-18(24)11-19-14-28-25(33)15-30(27(19)35)38-21-8-9-23(32)22(13-21)26(34)29-37-16-17-5-3-2-4-6-17/h2-10,12-13,19,31-32H,11,14-16H2,1H3,(H,28,33)(H,29,34). The van der Waals surface area contributed by atoms with E-state index < -0.39 is 11.8 Å². The minimum atomic E-state index is -0.658. The number of carbonyl (C=O) groups is 3. The maximum atomic E-state index is 13.4. The van der Waals surface area contributed by atoms with E-state index in [1.807, 2.05) is 30.3 Å². The second-order valence-corrected chi connectivity index (χ2v) is 9.65. The van der Waals surface area contributed by atoms with Crippen LogP contribution in [0.3, 0.4) is 0 Å². The van der Waals surface area contributed by atoms with E-state index in [1.165, 1.54) is 35.7 Å². The Kier molecular flexibility index (Phi) is 8.72. The lowest BCUT2D eigenvalue weighted by atomic mass is 9.97. The maximum Gasteiger partial charge on any atom is 0.278 e. The van der Waals surface area contributed by atoms with E-state index in [0.29, 0.717) is 16.2 Å². The molecule has 0 spiro atoms. The number of rotatable bonds is 9. The molecule has 1 aliphatic rings. The van der Waals surface area contributed by atoms with Gasteiger partial charge in [0.1, 0.15) is 23.8 Å². The number of benzene rings is 3. The van der Waals surface area contributed by atoms with Crippen molar-refractivity contribution in [2.24, 2.45) is 5.92 Å². The fourth-order valence-corrected chi connectivity index (χ4v) is 4.89. The van der Waals surface area contributed by atoms with E-state index in [-0.39, 0.29) is 55.0 Å². The molecule has 0 radical (unpaired) electrons. The van der Waals surface area contributed by atoms with Crippen molar-refractivity contribution >= 4 is 29.7 Å². The van der Waals surface area contributed by atoms with Gasteiger partial charge in [0.15, 0.2) is 0 Å². The average Bonchev–Trinajstić information content (AvgIpc) is 3.04. The van der Waals surface area contributed by atoms with Gasteiger partial charge in [-0.25, -0.2) is 5.48 Å². The van der Waals surface area contributed by atoms with Gasteiger partial charge in [-0.1, -0.05) is 30.3 Å². The van der Waals surface area contributed by atoms with Crippen molar-refractivity contribution < 1.29 is 34.2 Å². The molecule has 1 unspecified atom stereocenters. The lowest BCUT2D eigenvalue weighted by Crippen LogP contribution is -2.33. The number of nitrogens with zero attached hydrogens (tertiary/aromatic N) is 1. The fraction of sp³-hybridized carbons (Fsp3) is 0.222. The molecule has 0 saturated carbocycles. The highest BCUT2D eigenvalue weighted by molar-refractivity contribution is 7.97. The number of aromatic hydroxyl groups is 2. The summed E-state index contributed by atoms with van der Waals surface area (Å²) >= 11 is 0.989. The smallest absolute Gasteiger partial charge is 0.278 e. The van der Waals surface area contributed by atoms with Crippen LogP contribution in [0.25, 0.3) is 0 Å². The lowest BCUT2D eigenvalue weighted by Gasteiger charge is -2.22. The van der Waals surface area contributed by atoms with Crippen molar-refractivity contribution in [3.8, 4) is 17.2 Å². The van der Waals surface area contributed by atoms with Crippen molar-refractivity contribution in [3.05, 3.63) is 83.4 Å². The molecule has 198 valence electrons. The summed E-state index contributed by atoms with van der Waals surface area (Å²) in [6, 6.07) is 18.2. The molecule has 4 rings (SSSR count). The molecule has 11 heteroatoms. The lowest BCUT2D eigenvalue weighted by molar-refractivity contribution is -0.131. The van der Waals surface area contributed by atoms with Crippen LogP contribution in [0.2, 0.25) is 0 Å². The van der Waals surface area contributed by atoms with Crippen molar-refractivity contribution in [2.45, 2.75) is 17.9 Å². The molecule has 10 nitrogen and oxygen atoms in total. The third-order valence-corrected chi connectivity index (χ3v) is 6.83. The first kappa shape index (κ1) is 26.8. The van der Waals surface area contributed by atoms with Gasteiger partial charge in [0, 0.05) is 11.4 Å². The molecule has 3 amide bonds. The molecule has 3 aromatic rings. The SMILES string of the molecule is COc1ccc(O)cc1CC1CNC(=O)CN(Sc2ccc(O)c(C(=O)NOCc3ccccc3)c2)C1=O. The highest BCUT2D eigenvalue weighted by atomic mass is 32.2. The second-order valence-electron chi connectivity index (χ2n) is 8.55. The molecular weight excluding hydrogens is 510 g/mol. The van der Waals surface area contributed by atoms with Crippen LogP contribution in [-0.2, 0) is 27.5 Å². The maximum absolute atomic E-state index is 13.4. The van der Waals surface area contributed by atoms with Crippen LogP contribution in [0, 0.1) is 5.92 Å². The number of phenols is 2. The van der Waals surface area contributed by atoms with Gasteiger partial charge >= 0.3 is 0 Å². The highest BCUT2D eigenvalue weighted by Crippen LogP contribution is 2.32. The van der Waals surface area contributed by atoms with E-state index in [0.717, 1.165) is 17.5 Å². The monoisotopic (exact) mass is 537 g/mol. The van der Waals surface area contributed by atoms with Gasteiger partial charge in [-0.15, -0.1) is 0 Å². The minimum absolute atomic E-state index is 0.0415. The van der Waals surface area contributed by atoms with Gasteiger partial charge in [0.05, 0.1) is 25.2 Å². The second kappa shape index (κ2) is 12.3. The summed E-state index contributed by atoms with van der Waals surface area (Å²) in [7, 11) is 1.50. The largest absolute Gasteiger partial charge is 0.508 e. The summed E-state index contributed by atoms with van der Waals surface area (Å²) in [6.07, 6.45) is 0.232. The zero-order chi connectivity index (χ0) is 27.1. The molecule has 1 fully saturated rings. The van der Waals surface area contributed by atoms with E-state index in [2.05, 4.69) is 10.8 Å². The normalized spacial score (nSPS) is 15.5. The van der Waals surface area contributed by atoms with E-state index in [4.69, 9.17) is 9.57 Å². The summed E-state index contributed by atoms with van der Waals surface area (Å²) < 4.78 is 6.67. The first-order valence-corrected chi connectivity index (χ1v) is 12.5. The summed E-state index contributed by atoms with van der Waals surface area (Å²) in [5.41, 5.74) is 3.75. The Balaban J connectivity index is 1.46. The molecule has 4 N–H and O–H groups in total. The first-order valence-electron chi connectivity index (χ1n) is 11.7. The Labute approximate surface area is 223 Å². The van der Waals surface area contributed by atoms with Gasteiger partial charge in [-0.3, -0.25) is 23.5 Å². The number of hydrogen-bond acceptors (Lipinski definition) is 8. The van der Waals surface area contributed by atoms with Gasteiger partial charge in [-0.2, -0.15) is 0 Å². The predicted molar refractivity (Wildman–Crippen MR) is 139 cm³/mol. The van der Waals surface area contributed by atoms with E-state index >= 15 is 0 Å². The molecule has 0 aliphatic carbocycles. The molecular formula is C27H27N3O7S. The van der Waals surface area contributed by atoms with Crippen LogP contribution in [0.1, 0.15) is 21.5 Å². The number of hydroxylamine groups is 1. The number of amides is 3. The van der Waals surface area contributed by atoms with Gasteiger partial charge in [0.2, 0.25) is 11.8 Å². The Morgan fingerprint density at radius 1 is 1.11 bits per heavy atom. The summed E-state index contributed by atoms with van der Waals surface area (Å²) in [5, 5.41) is 22.9. The third-order valence-electron chi connectivity index (χ3n) is 5.83. The fourth-order valence-electron chi connectivity index (χ4n) is 3.91. The van der Waals surface area contributed by atoms with Crippen molar-refractivity contribution in [3.63, 3.8) is 0 Å². The molecule has 1 saturated heterocycles. The topological polar surface area (TPSA) is 137 Å². The zero-order valence-electron chi connectivity index (χ0n) is 20.5. The van der Waals surface area contributed by atoms with Gasteiger partial charge in [0.25, 0.3) is 5.91 Å². The van der Waals surface area contributed by atoms with E-state index in [9.17, 15) is 24.6 Å².